The third-order valence-electron chi connectivity index (χ3n) is 6.84. The molecule has 12 heteroatoms. The molecule has 0 aromatic heterocycles. The lowest BCUT2D eigenvalue weighted by atomic mass is 10.1. The molecule has 0 unspecified atom stereocenters. The van der Waals surface area contributed by atoms with Crippen molar-refractivity contribution in [2.24, 2.45) is 0 Å². The number of benzene rings is 2. The van der Waals surface area contributed by atoms with Crippen molar-refractivity contribution in [3.05, 3.63) is 53.6 Å². The van der Waals surface area contributed by atoms with Crippen LogP contribution in [0.15, 0.2) is 42.5 Å². The van der Waals surface area contributed by atoms with Gasteiger partial charge in [0, 0.05) is 13.1 Å². The number of alkyl halides is 3. The summed E-state index contributed by atoms with van der Waals surface area (Å²) in [5.74, 6) is 0.809. The second-order valence-electron chi connectivity index (χ2n) is 8.81. The van der Waals surface area contributed by atoms with Crippen molar-refractivity contribution in [3.63, 3.8) is 0 Å². The molecule has 3 fully saturated rings. The lowest BCUT2D eigenvalue weighted by Crippen LogP contribution is -2.56. The predicted molar refractivity (Wildman–Crippen MR) is 121 cm³/mol. The molecule has 2 aromatic carbocycles. The first kappa shape index (κ1) is 22.0. The van der Waals surface area contributed by atoms with Crippen molar-refractivity contribution in [1.82, 2.24) is 15.1 Å². The highest BCUT2D eigenvalue weighted by atomic mass is 32.1. The third-order valence-corrected chi connectivity index (χ3v) is 7.22. The van der Waals surface area contributed by atoms with Crippen molar-refractivity contribution in [2.75, 3.05) is 18.2 Å². The van der Waals surface area contributed by atoms with Crippen LogP contribution >= 0.6 is 12.2 Å². The summed E-state index contributed by atoms with van der Waals surface area (Å²) in [6.45, 7) is 1.06. The maximum atomic E-state index is 13.3. The number of amides is 3. The Labute approximate surface area is 203 Å². The Bertz CT molecular complexity index is 1260. The van der Waals surface area contributed by atoms with E-state index in [0.717, 1.165) is 22.6 Å². The molecule has 3 amide bonds. The Balaban J connectivity index is 1.17. The lowest BCUT2D eigenvalue weighted by Gasteiger charge is -2.36. The number of rotatable bonds is 3. The number of nitrogens with zero attached hydrogens (tertiary/aromatic N) is 3. The number of hydrogen-bond acceptors (Lipinski definition) is 5. The minimum Gasteiger partial charge on any atom is -0.454 e. The minimum absolute atomic E-state index is 0.0846. The summed E-state index contributed by atoms with van der Waals surface area (Å²) in [6.07, 6.45) is -4.01. The molecule has 35 heavy (non-hydrogen) atoms. The normalized spacial score (nSPS) is 24.4. The largest absolute Gasteiger partial charge is 0.454 e. The summed E-state index contributed by atoms with van der Waals surface area (Å²) in [5.41, 5.74) is -0.0646. The summed E-state index contributed by atoms with van der Waals surface area (Å²) < 4.78 is 50.2. The van der Waals surface area contributed by atoms with E-state index in [-0.39, 0.29) is 24.6 Å². The van der Waals surface area contributed by atoms with Gasteiger partial charge in [0.2, 0.25) is 6.79 Å². The van der Waals surface area contributed by atoms with Crippen LogP contribution in [0.2, 0.25) is 0 Å². The second kappa shape index (κ2) is 7.74. The van der Waals surface area contributed by atoms with E-state index in [1.54, 1.807) is 0 Å². The van der Waals surface area contributed by atoms with E-state index in [4.69, 9.17) is 21.7 Å². The van der Waals surface area contributed by atoms with Gasteiger partial charge in [-0.3, -0.25) is 4.79 Å². The fourth-order valence-electron chi connectivity index (χ4n) is 5.28. The first-order chi connectivity index (χ1) is 16.7. The van der Waals surface area contributed by atoms with Crippen molar-refractivity contribution in [1.29, 1.82) is 0 Å². The van der Waals surface area contributed by atoms with Crippen molar-refractivity contribution in [2.45, 2.75) is 37.3 Å². The van der Waals surface area contributed by atoms with Crippen molar-refractivity contribution in [3.8, 4) is 11.5 Å². The molecule has 4 aliphatic rings. The first-order valence-corrected chi connectivity index (χ1v) is 11.4. The third kappa shape index (κ3) is 3.46. The number of carbonyl (C=O) groups excluding carboxylic acids is 2. The Hall–Kier alpha value is -3.54. The number of piperazine rings is 1. The van der Waals surface area contributed by atoms with E-state index < -0.39 is 29.7 Å². The van der Waals surface area contributed by atoms with Gasteiger partial charge >= 0.3 is 12.2 Å². The standard InChI is InChI=1S/C23H19F3N4O4S/c24-23(25,26)13-2-1-3-14(7-13)30-20(31)19-16-8-15(29(19)22(30)32)10-28(16)21(35)27-9-12-4-5-17-18(6-12)34-11-33-17/h1-7,15-16,19H,8-11H2,(H,27,35)/t15-,16-,19-/m0/s1. The zero-order valence-corrected chi connectivity index (χ0v) is 18.9. The van der Waals surface area contributed by atoms with Gasteiger partial charge in [-0.15, -0.1) is 0 Å². The number of fused-ring (bicyclic) bond motifs is 6. The van der Waals surface area contributed by atoms with Crippen LogP contribution in [0.25, 0.3) is 0 Å². The number of anilines is 1. The van der Waals surface area contributed by atoms with Crippen LogP contribution in [-0.4, -0.2) is 58.3 Å². The average Bonchev–Trinajstić information content (AvgIpc) is 3.59. The molecule has 8 nitrogen and oxygen atoms in total. The van der Waals surface area contributed by atoms with Crippen LogP contribution < -0.4 is 19.7 Å². The molecule has 3 saturated heterocycles. The van der Waals surface area contributed by atoms with Gasteiger partial charge in [0.25, 0.3) is 5.91 Å². The van der Waals surface area contributed by atoms with Gasteiger partial charge in [-0.1, -0.05) is 12.1 Å². The number of hydrogen-bond donors (Lipinski definition) is 1. The van der Waals surface area contributed by atoms with E-state index >= 15 is 0 Å². The topological polar surface area (TPSA) is 74.4 Å². The molecule has 0 aliphatic carbocycles. The number of ether oxygens (including phenoxy) is 2. The smallest absolute Gasteiger partial charge is 0.416 e. The molecule has 0 spiro atoms. The molecule has 3 atom stereocenters. The van der Waals surface area contributed by atoms with Crippen molar-refractivity contribution < 1.29 is 32.2 Å². The quantitative estimate of drug-likeness (QED) is 0.509. The number of likely N-dealkylation sites (tertiary alicyclic amines) is 1. The molecule has 0 radical (unpaired) electrons. The van der Waals surface area contributed by atoms with Gasteiger partial charge < -0.3 is 24.6 Å². The van der Waals surface area contributed by atoms with Crippen molar-refractivity contribution >= 4 is 35.0 Å². The number of thiocarbonyl (C=S) groups is 1. The van der Waals surface area contributed by atoms with E-state index in [9.17, 15) is 22.8 Å². The maximum absolute atomic E-state index is 13.3. The SMILES string of the molecule is O=C1[C@@H]2[C@@H]3C[C@@H](CN3C(=S)NCc3ccc4c(c3)OCO4)N2C(=O)N1c1cccc(C(F)(F)F)c1. The van der Waals surface area contributed by atoms with Crippen LogP contribution in [0.4, 0.5) is 23.7 Å². The van der Waals surface area contributed by atoms with E-state index in [0.29, 0.717) is 36.1 Å². The van der Waals surface area contributed by atoms with E-state index in [1.165, 1.54) is 17.0 Å². The zero-order valence-electron chi connectivity index (χ0n) is 18.1. The molecule has 4 heterocycles. The monoisotopic (exact) mass is 504 g/mol. The van der Waals surface area contributed by atoms with Crippen LogP contribution in [-0.2, 0) is 17.5 Å². The highest BCUT2D eigenvalue weighted by Crippen LogP contribution is 2.43. The summed E-state index contributed by atoms with van der Waals surface area (Å²) in [5, 5.41) is 3.65. The van der Waals surface area contributed by atoms with Gasteiger partial charge in [0.15, 0.2) is 16.6 Å². The predicted octanol–water partition coefficient (Wildman–Crippen LogP) is 3.10. The molecule has 2 aromatic rings. The van der Waals surface area contributed by atoms with Gasteiger partial charge in [-0.25, -0.2) is 9.69 Å². The second-order valence-corrected chi connectivity index (χ2v) is 9.20. The number of carbonyl (C=O) groups is 2. The minimum atomic E-state index is -4.58. The Kier molecular flexibility index (Phi) is 4.85. The van der Waals surface area contributed by atoms with Crippen LogP contribution in [0, 0.1) is 0 Å². The highest BCUT2D eigenvalue weighted by molar-refractivity contribution is 7.80. The van der Waals surface area contributed by atoms with Gasteiger partial charge in [-0.05, 0) is 54.5 Å². The summed E-state index contributed by atoms with van der Waals surface area (Å²) in [4.78, 5) is 30.6. The molecular formula is C23H19F3N4O4S. The molecule has 4 aliphatic heterocycles. The fourth-order valence-corrected chi connectivity index (χ4v) is 5.56. The Morgan fingerprint density at radius 3 is 2.71 bits per heavy atom. The molecule has 182 valence electrons. The first-order valence-electron chi connectivity index (χ1n) is 11.0. The summed E-state index contributed by atoms with van der Waals surface area (Å²) in [7, 11) is 0. The Morgan fingerprint density at radius 2 is 1.91 bits per heavy atom. The number of halogens is 3. The molecule has 2 bridgehead atoms. The summed E-state index contributed by atoms with van der Waals surface area (Å²) in [6, 6.07) is 7.87. The van der Waals surface area contributed by atoms with Gasteiger partial charge in [0.1, 0.15) is 6.04 Å². The molecule has 1 N–H and O–H groups in total. The van der Waals surface area contributed by atoms with Gasteiger partial charge in [-0.2, -0.15) is 13.2 Å². The lowest BCUT2D eigenvalue weighted by molar-refractivity contribution is -0.137. The fraction of sp³-hybridized carbons (Fsp3) is 0.348. The molecule has 6 rings (SSSR count). The number of urea groups is 1. The summed E-state index contributed by atoms with van der Waals surface area (Å²) >= 11 is 5.59. The Morgan fingerprint density at radius 1 is 1.11 bits per heavy atom. The molecule has 0 saturated carbocycles. The van der Waals surface area contributed by atoms with E-state index in [1.807, 2.05) is 23.1 Å². The average molecular weight is 504 g/mol. The number of nitrogens with one attached hydrogen (secondary N) is 1. The number of imide groups is 1. The molecular weight excluding hydrogens is 485 g/mol. The van der Waals surface area contributed by atoms with E-state index in [2.05, 4.69) is 5.32 Å². The maximum Gasteiger partial charge on any atom is 0.416 e. The van der Waals surface area contributed by atoms with Gasteiger partial charge in [0.05, 0.1) is 23.3 Å². The zero-order chi connectivity index (χ0) is 24.5. The highest BCUT2D eigenvalue weighted by Gasteiger charge is 2.62. The van der Waals surface area contributed by atoms with Crippen LogP contribution in [0.5, 0.6) is 11.5 Å². The van der Waals surface area contributed by atoms with Crippen LogP contribution in [0.3, 0.4) is 0 Å². The van der Waals surface area contributed by atoms with Crippen LogP contribution in [0.1, 0.15) is 17.5 Å².